The molecule has 1 aliphatic rings. The second-order valence-corrected chi connectivity index (χ2v) is 10.5. The molecule has 0 aromatic heterocycles. The van der Waals surface area contributed by atoms with Gasteiger partial charge in [0.1, 0.15) is 24.5 Å². The number of halogens is 1. The van der Waals surface area contributed by atoms with E-state index in [1.807, 2.05) is 12.1 Å². The highest BCUT2D eigenvalue weighted by molar-refractivity contribution is 7.70. The van der Waals surface area contributed by atoms with Gasteiger partial charge in [-0.3, -0.25) is 4.99 Å². The molecule has 7 heteroatoms. The monoisotopic (exact) mass is 414 g/mol. The first-order valence-electron chi connectivity index (χ1n) is 9.46. The predicted octanol–water partition coefficient (Wildman–Crippen LogP) is 4.51. The van der Waals surface area contributed by atoms with Crippen molar-refractivity contribution in [3.63, 3.8) is 0 Å². The lowest BCUT2D eigenvalue weighted by molar-refractivity contribution is 0.197. The van der Waals surface area contributed by atoms with Gasteiger partial charge in [-0.2, -0.15) is 5.26 Å². The summed E-state index contributed by atoms with van der Waals surface area (Å²) >= 11 is 0. The number of hydrogen-bond donors (Lipinski definition) is 0. The Morgan fingerprint density at radius 3 is 2.72 bits per heavy atom. The number of fused-ring (bicyclic) bond motifs is 1. The first kappa shape index (κ1) is 21.2. The van der Waals surface area contributed by atoms with Gasteiger partial charge in [0.15, 0.2) is 0 Å². The van der Waals surface area contributed by atoms with E-state index >= 15 is 0 Å². The average molecular weight is 414 g/mol. The third kappa shape index (κ3) is 4.93. The van der Waals surface area contributed by atoms with E-state index in [-0.39, 0.29) is 11.3 Å². The molecule has 0 aliphatic heterocycles. The molecule has 2 aromatic rings. The Hall–Kier alpha value is -2.48. The third-order valence-corrected chi connectivity index (χ3v) is 6.30. The van der Waals surface area contributed by atoms with Crippen LogP contribution in [-0.2, 0) is 15.7 Å². The molecular weight excluding hydrogens is 390 g/mol. The van der Waals surface area contributed by atoms with E-state index < -0.39 is 13.0 Å². The fraction of sp³-hybridized carbons (Fsp3) is 0.364. The maximum absolute atomic E-state index is 13.8. The zero-order valence-electron chi connectivity index (χ0n) is 16.9. The van der Waals surface area contributed by atoms with Crippen LogP contribution in [0.2, 0.25) is 0 Å². The standard InChI is InChI=1S/C22H24FN2O3P/c1-27-10-4-9-25-19-6-5-18-20(7-8-21(22(18)19)29(2,3)26)28-17-12-15(14-24)11-16(23)13-17/h7-8,11-13H,4-6,9-10H2,1-3H3. The van der Waals surface area contributed by atoms with E-state index in [0.717, 1.165) is 41.1 Å². The van der Waals surface area contributed by atoms with E-state index in [2.05, 4.69) is 0 Å². The summed E-state index contributed by atoms with van der Waals surface area (Å²) < 4.78 is 37.7. The average Bonchev–Trinajstić information content (AvgIpc) is 3.08. The maximum atomic E-state index is 13.8. The maximum Gasteiger partial charge on any atom is 0.131 e. The van der Waals surface area contributed by atoms with Crippen LogP contribution in [0, 0.1) is 17.1 Å². The summed E-state index contributed by atoms with van der Waals surface area (Å²) in [6, 6.07) is 9.44. The van der Waals surface area contributed by atoms with Gasteiger partial charge in [0, 0.05) is 48.5 Å². The van der Waals surface area contributed by atoms with Crippen LogP contribution in [0.3, 0.4) is 0 Å². The van der Waals surface area contributed by atoms with Gasteiger partial charge in [0.05, 0.1) is 11.6 Å². The van der Waals surface area contributed by atoms with Crippen molar-refractivity contribution < 1.29 is 18.4 Å². The molecule has 0 atom stereocenters. The molecule has 0 spiro atoms. The van der Waals surface area contributed by atoms with Crippen LogP contribution in [0.1, 0.15) is 29.5 Å². The van der Waals surface area contributed by atoms with Crippen LogP contribution in [0.15, 0.2) is 35.3 Å². The van der Waals surface area contributed by atoms with Crippen LogP contribution in [-0.4, -0.2) is 39.3 Å². The number of rotatable bonds is 7. The summed E-state index contributed by atoms with van der Waals surface area (Å²) in [6.07, 6.45) is 2.27. The van der Waals surface area contributed by atoms with Gasteiger partial charge in [-0.1, -0.05) is 0 Å². The van der Waals surface area contributed by atoms with Crippen LogP contribution in [0.25, 0.3) is 0 Å². The Morgan fingerprint density at radius 2 is 2.03 bits per heavy atom. The van der Waals surface area contributed by atoms with Crippen LogP contribution < -0.4 is 10.0 Å². The molecule has 0 fully saturated rings. The van der Waals surface area contributed by atoms with Crippen molar-refractivity contribution in [1.82, 2.24) is 0 Å². The molecule has 0 N–H and O–H groups in total. The quantitative estimate of drug-likeness (QED) is 0.494. The largest absolute Gasteiger partial charge is 0.457 e. The van der Waals surface area contributed by atoms with E-state index in [1.54, 1.807) is 26.5 Å². The summed E-state index contributed by atoms with van der Waals surface area (Å²) in [5, 5.41) is 9.85. The van der Waals surface area contributed by atoms with Gasteiger partial charge in [0.25, 0.3) is 0 Å². The second-order valence-electron chi connectivity index (χ2n) is 7.35. The summed E-state index contributed by atoms with van der Waals surface area (Å²) in [4.78, 5) is 4.72. The van der Waals surface area contributed by atoms with Gasteiger partial charge < -0.3 is 14.0 Å². The molecule has 0 amide bonds. The predicted molar refractivity (Wildman–Crippen MR) is 113 cm³/mol. The fourth-order valence-corrected chi connectivity index (χ4v) is 4.73. The lowest BCUT2D eigenvalue weighted by Crippen LogP contribution is -2.15. The zero-order valence-corrected chi connectivity index (χ0v) is 17.8. The highest BCUT2D eigenvalue weighted by Crippen LogP contribution is 2.42. The molecule has 0 radical (unpaired) electrons. The highest BCUT2D eigenvalue weighted by atomic mass is 31.2. The van der Waals surface area contributed by atoms with Crippen molar-refractivity contribution in [2.75, 3.05) is 33.6 Å². The first-order chi connectivity index (χ1) is 13.8. The van der Waals surface area contributed by atoms with Gasteiger partial charge in [-0.25, -0.2) is 4.39 Å². The first-order valence-corrected chi connectivity index (χ1v) is 12.1. The topological polar surface area (TPSA) is 71.7 Å². The number of nitriles is 1. The SMILES string of the molecule is COCCCN=C1CCc2c(Oc3cc(F)cc(C#N)c3)ccc(P(C)(C)=O)c21. The van der Waals surface area contributed by atoms with Crippen molar-refractivity contribution in [1.29, 1.82) is 5.26 Å². The lowest BCUT2D eigenvalue weighted by atomic mass is 10.1. The number of methoxy groups -OCH3 is 1. The minimum absolute atomic E-state index is 0.195. The van der Waals surface area contributed by atoms with Gasteiger partial charge >= 0.3 is 0 Å². The Bertz CT molecular complexity index is 1040. The molecular formula is C22H24FN2O3P. The summed E-state index contributed by atoms with van der Waals surface area (Å²) in [5.74, 6) is 0.311. The molecule has 0 heterocycles. The van der Waals surface area contributed by atoms with Crippen molar-refractivity contribution >= 4 is 18.2 Å². The Balaban J connectivity index is 2.02. The molecule has 0 saturated heterocycles. The van der Waals surface area contributed by atoms with Crippen LogP contribution in [0.4, 0.5) is 4.39 Å². The van der Waals surface area contributed by atoms with Crippen molar-refractivity contribution in [3.8, 4) is 17.6 Å². The number of nitrogens with zero attached hydrogens (tertiary/aromatic N) is 2. The Morgan fingerprint density at radius 1 is 1.24 bits per heavy atom. The smallest absolute Gasteiger partial charge is 0.131 e. The van der Waals surface area contributed by atoms with Crippen molar-refractivity contribution in [2.45, 2.75) is 19.3 Å². The van der Waals surface area contributed by atoms with Crippen molar-refractivity contribution in [3.05, 3.63) is 52.8 Å². The zero-order chi connectivity index (χ0) is 21.0. The number of aliphatic imine (C=N–C) groups is 1. The molecule has 0 unspecified atom stereocenters. The second kappa shape index (κ2) is 8.90. The number of ether oxygens (including phenoxy) is 2. The van der Waals surface area contributed by atoms with Crippen molar-refractivity contribution in [2.24, 2.45) is 4.99 Å². The van der Waals surface area contributed by atoms with E-state index in [0.29, 0.717) is 25.3 Å². The Kier molecular flexibility index (Phi) is 6.52. The van der Waals surface area contributed by atoms with E-state index in [4.69, 9.17) is 19.7 Å². The molecule has 0 saturated carbocycles. The molecule has 5 nitrogen and oxygen atoms in total. The van der Waals surface area contributed by atoms with Gasteiger partial charge in [-0.15, -0.1) is 0 Å². The van der Waals surface area contributed by atoms with Gasteiger partial charge in [-0.05, 0) is 56.9 Å². The molecule has 29 heavy (non-hydrogen) atoms. The van der Waals surface area contributed by atoms with Gasteiger partial charge in [0.2, 0.25) is 0 Å². The number of benzene rings is 2. The minimum Gasteiger partial charge on any atom is -0.457 e. The minimum atomic E-state index is -2.53. The fourth-order valence-electron chi connectivity index (χ4n) is 3.49. The summed E-state index contributed by atoms with van der Waals surface area (Å²) in [6.45, 7) is 4.77. The van der Waals surface area contributed by atoms with E-state index in [1.165, 1.54) is 12.1 Å². The Labute approximate surface area is 170 Å². The molecule has 0 bridgehead atoms. The third-order valence-electron chi connectivity index (χ3n) is 4.77. The number of hydrogen-bond acceptors (Lipinski definition) is 5. The molecule has 2 aromatic carbocycles. The summed E-state index contributed by atoms with van der Waals surface area (Å²) in [7, 11) is -0.867. The summed E-state index contributed by atoms with van der Waals surface area (Å²) in [5.41, 5.74) is 2.95. The lowest BCUT2D eigenvalue weighted by Gasteiger charge is -2.17. The van der Waals surface area contributed by atoms with Crippen LogP contribution in [0.5, 0.6) is 11.5 Å². The highest BCUT2D eigenvalue weighted by Gasteiger charge is 2.29. The molecule has 3 rings (SSSR count). The normalized spacial score (nSPS) is 14.7. The molecule has 1 aliphatic carbocycles. The van der Waals surface area contributed by atoms with E-state index in [9.17, 15) is 8.96 Å². The molecule has 152 valence electrons. The van der Waals surface area contributed by atoms with Crippen LogP contribution >= 0.6 is 7.14 Å².